The van der Waals surface area contributed by atoms with E-state index in [9.17, 15) is 9.90 Å². The van der Waals surface area contributed by atoms with Gasteiger partial charge in [-0.05, 0) is 17.3 Å². The summed E-state index contributed by atoms with van der Waals surface area (Å²) in [5, 5.41) is 20.0. The predicted molar refractivity (Wildman–Crippen MR) is 79.0 cm³/mol. The van der Waals surface area contributed by atoms with Crippen LogP contribution in [0, 0.1) is 11.3 Å². The highest BCUT2D eigenvalue weighted by atomic mass is 32.2. The summed E-state index contributed by atoms with van der Waals surface area (Å²) < 4.78 is 3.25. The van der Waals surface area contributed by atoms with Crippen molar-refractivity contribution < 1.29 is 9.67 Å². The van der Waals surface area contributed by atoms with Crippen LogP contribution in [0.5, 0.6) is 5.88 Å². The molecule has 1 aromatic carbocycles. The fraction of sp³-hybridized carbons (Fsp3) is 0.267. The summed E-state index contributed by atoms with van der Waals surface area (Å²) in [7, 11) is 1.73. The molecule has 6 heteroatoms. The van der Waals surface area contributed by atoms with Gasteiger partial charge in [-0.3, -0.25) is 0 Å². The fourth-order valence-corrected chi connectivity index (χ4v) is 3.83. The van der Waals surface area contributed by atoms with Crippen LogP contribution in [0.1, 0.15) is 12.5 Å². The second-order valence-electron chi connectivity index (χ2n) is 4.91. The molecule has 2 heterocycles. The summed E-state index contributed by atoms with van der Waals surface area (Å²) in [6.07, 6.45) is 0.291. The zero-order chi connectivity index (χ0) is 15.0. The Morgan fingerprint density at radius 3 is 2.86 bits per heavy atom. The lowest BCUT2D eigenvalue weighted by Gasteiger charge is -2.09. The first kappa shape index (κ1) is 13.7. The number of nitriles is 1. The SMILES string of the molecule is C[n+]1c(O)c(-c2ccccc2)c(=O)n2c1SCC2CC#N. The molecule has 1 atom stereocenters. The monoisotopic (exact) mass is 300 g/mol. The van der Waals surface area contributed by atoms with Crippen molar-refractivity contribution in [3.8, 4) is 23.1 Å². The number of fused-ring (bicyclic) bond motifs is 1. The molecule has 106 valence electrons. The average Bonchev–Trinajstić information content (AvgIpc) is 2.91. The third kappa shape index (κ3) is 2.10. The van der Waals surface area contributed by atoms with Gasteiger partial charge in [-0.15, -0.1) is 0 Å². The first-order valence-corrected chi connectivity index (χ1v) is 7.56. The Morgan fingerprint density at radius 2 is 2.19 bits per heavy atom. The van der Waals surface area contributed by atoms with Crippen LogP contribution in [0.2, 0.25) is 0 Å². The number of hydrogen-bond donors (Lipinski definition) is 1. The fourth-order valence-electron chi connectivity index (χ4n) is 2.57. The van der Waals surface area contributed by atoms with Crippen molar-refractivity contribution in [3.63, 3.8) is 0 Å². The van der Waals surface area contributed by atoms with E-state index < -0.39 is 0 Å². The maximum absolute atomic E-state index is 12.8. The van der Waals surface area contributed by atoms with Gasteiger partial charge >= 0.3 is 10.7 Å². The quantitative estimate of drug-likeness (QED) is 0.675. The van der Waals surface area contributed by atoms with E-state index in [0.717, 1.165) is 0 Å². The minimum Gasteiger partial charge on any atom is -0.477 e. The predicted octanol–water partition coefficient (Wildman–Crippen LogP) is 1.61. The van der Waals surface area contributed by atoms with Crippen LogP contribution in [-0.4, -0.2) is 15.4 Å². The van der Waals surface area contributed by atoms with Gasteiger partial charge in [0.25, 0.3) is 5.88 Å². The van der Waals surface area contributed by atoms with E-state index >= 15 is 0 Å². The van der Waals surface area contributed by atoms with Gasteiger partial charge < -0.3 is 5.11 Å². The first-order valence-electron chi connectivity index (χ1n) is 6.57. The van der Waals surface area contributed by atoms with Crippen LogP contribution in [0.15, 0.2) is 40.3 Å². The molecule has 0 bridgehead atoms. The highest BCUT2D eigenvalue weighted by Gasteiger charge is 2.37. The van der Waals surface area contributed by atoms with E-state index in [1.165, 1.54) is 11.8 Å². The molecule has 1 aromatic heterocycles. The second kappa shape index (κ2) is 5.26. The van der Waals surface area contributed by atoms with Crippen molar-refractivity contribution in [3.05, 3.63) is 40.7 Å². The molecule has 1 aliphatic heterocycles. The van der Waals surface area contributed by atoms with Gasteiger partial charge in [-0.1, -0.05) is 30.3 Å². The van der Waals surface area contributed by atoms with Crippen molar-refractivity contribution in [1.29, 1.82) is 5.26 Å². The van der Waals surface area contributed by atoms with Crippen LogP contribution in [0.4, 0.5) is 0 Å². The maximum Gasteiger partial charge on any atom is 0.350 e. The standard InChI is InChI=1S/C15H13N3O2S/c1-17-13(19)12(10-5-3-2-4-6-10)14(20)18-11(7-8-16)9-21-15(17)18/h2-6,11H,7,9H2,1H3/p+1. The molecule has 0 saturated heterocycles. The molecular formula is C15H14N3O2S+. The number of thioether (sulfide) groups is 1. The van der Waals surface area contributed by atoms with Crippen LogP contribution < -0.4 is 10.1 Å². The first-order chi connectivity index (χ1) is 10.1. The largest absolute Gasteiger partial charge is 0.477 e. The number of rotatable bonds is 2. The van der Waals surface area contributed by atoms with Crippen LogP contribution >= 0.6 is 11.8 Å². The number of benzene rings is 1. The van der Waals surface area contributed by atoms with Gasteiger partial charge in [-0.25, -0.2) is 4.79 Å². The third-order valence-electron chi connectivity index (χ3n) is 3.63. The molecule has 3 rings (SSSR count). The average molecular weight is 300 g/mol. The summed E-state index contributed by atoms with van der Waals surface area (Å²) >= 11 is 1.49. The molecule has 0 fully saturated rings. The Bertz CT molecular complexity index is 793. The molecule has 2 aromatic rings. The van der Waals surface area contributed by atoms with Crippen LogP contribution in [-0.2, 0) is 7.05 Å². The molecule has 21 heavy (non-hydrogen) atoms. The molecule has 0 radical (unpaired) electrons. The Balaban J connectivity index is 2.29. The molecule has 1 unspecified atom stereocenters. The molecule has 1 N–H and O–H groups in total. The zero-order valence-corrected chi connectivity index (χ0v) is 12.3. The second-order valence-corrected chi connectivity index (χ2v) is 5.90. The lowest BCUT2D eigenvalue weighted by atomic mass is 10.1. The van der Waals surface area contributed by atoms with E-state index in [1.54, 1.807) is 28.3 Å². The van der Waals surface area contributed by atoms with E-state index in [-0.39, 0.29) is 23.0 Å². The lowest BCUT2D eigenvalue weighted by Crippen LogP contribution is -2.40. The summed E-state index contributed by atoms with van der Waals surface area (Å²) in [6.45, 7) is 0. The number of nitrogens with zero attached hydrogens (tertiary/aromatic N) is 3. The van der Waals surface area contributed by atoms with Crippen molar-refractivity contribution >= 4 is 11.8 Å². The van der Waals surface area contributed by atoms with Crippen molar-refractivity contribution in [2.75, 3.05) is 5.75 Å². The molecule has 5 nitrogen and oxygen atoms in total. The minimum absolute atomic E-state index is 0.0393. The highest BCUT2D eigenvalue weighted by molar-refractivity contribution is 7.99. The zero-order valence-electron chi connectivity index (χ0n) is 11.5. The van der Waals surface area contributed by atoms with Crippen molar-refractivity contribution in [2.45, 2.75) is 17.6 Å². The highest BCUT2D eigenvalue weighted by Crippen LogP contribution is 2.34. The van der Waals surface area contributed by atoms with Crippen LogP contribution in [0.25, 0.3) is 11.1 Å². The van der Waals surface area contributed by atoms with Gasteiger partial charge in [0.15, 0.2) is 5.56 Å². The number of aromatic nitrogens is 2. The lowest BCUT2D eigenvalue weighted by molar-refractivity contribution is -0.720. The minimum atomic E-state index is -0.239. The molecule has 0 saturated carbocycles. The van der Waals surface area contributed by atoms with Gasteiger partial charge in [0.05, 0.1) is 19.5 Å². The Kier molecular flexibility index (Phi) is 3.43. The van der Waals surface area contributed by atoms with Gasteiger partial charge in [0.1, 0.15) is 6.04 Å². The number of hydrogen-bond acceptors (Lipinski definition) is 4. The van der Waals surface area contributed by atoms with Crippen molar-refractivity contribution in [2.24, 2.45) is 7.05 Å². The third-order valence-corrected chi connectivity index (χ3v) is 4.91. The molecule has 0 amide bonds. The molecule has 1 aliphatic rings. The molecule has 0 aliphatic carbocycles. The Morgan fingerprint density at radius 1 is 1.48 bits per heavy atom. The van der Waals surface area contributed by atoms with Crippen molar-refractivity contribution in [1.82, 2.24) is 4.57 Å². The van der Waals surface area contributed by atoms with Gasteiger partial charge in [0.2, 0.25) is 0 Å². The van der Waals surface area contributed by atoms with E-state index in [4.69, 9.17) is 5.26 Å². The molecule has 0 spiro atoms. The normalized spacial score (nSPS) is 16.5. The van der Waals surface area contributed by atoms with Gasteiger partial charge in [-0.2, -0.15) is 14.4 Å². The summed E-state index contributed by atoms with van der Waals surface area (Å²) in [5.41, 5.74) is 0.725. The Hall–Kier alpha value is -2.26. The summed E-state index contributed by atoms with van der Waals surface area (Å²) in [5.74, 6) is 0.636. The maximum atomic E-state index is 12.8. The van der Waals surface area contributed by atoms with Gasteiger partial charge in [0, 0.05) is 5.75 Å². The van der Waals surface area contributed by atoms with E-state index in [1.807, 2.05) is 18.2 Å². The summed E-state index contributed by atoms with van der Waals surface area (Å²) in [6, 6.07) is 11.1. The van der Waals surface area contributed by atoms with Crippen LogP contribution in [0.3, 0.4) is 0 Å². The smallest absolute Gasteiger partial charge is 0.350 e. The van der Waals surface area contributed by atoms with E-state index in [2.05, 4.69) is 6.07 Å². The number of aromatic hydroxyl groups is 1. The van der Waals surface area contributed by atoms with E-state index in [0.29, 0.717) is 22.9 Å². The summed E-state index contributed by atoms with van der Waals surface area (Å²) in [4.78, 5) is 12.8. The molecular weight excluding hydrogens is 286 g/mol. The Labute approximate surface area is 126 Å². The topological polar surface area (TPSA) is 69.9 Å².